The number of pyridine rings is 1. The second-order valence-electron chi connectivity index (χ2n) is 7.68. The lowest BCUT2D eigenvalue weighted by Crippen LogP contribution is -2.41. The molecule has 3 heterocycles. The monoisotopic (exact) mass is 406 g/mol. The largest absolute Gasteiger partial charge is 0.493 e. The molecule has 7 nitrogen and oxygen atoms in total. The maximum atomic E-state index is 12.7. The SMILES string of the molecule is Cc1ccccc1OC[C@H]1CCCN(C(=O)CCc2nc(-c3cccnc3)no2)C1. The summed E-state index contributed by atoms with van der Waals surface area (Å²) in [6.45, 7) is 4.20. The molecule has 3 aromatic rings. The zero-order chi connectivity index (χ0) is 20.8. The molecule has 2 aromatic heterocycles. The second-order valence-corrected chi connectivity index (χ2v) is 7.68. The Kier molecular flexibility index (Phi) is 6.37. The maximum Gasteiger partial charge on any atom is 0.227 e. The van der Waals surface area contributed by atoms with Gasteiger partial charge in [0, 0.05) is 49.8 Å². The van der Waals surface area contributed by atoms with Gasteiger partial charge in [0.05, 0.1) is 6.61 Å². The third-order valence-electron chi connectivity index (χ3n) is 5.38. The van der Waals surface area contributed by atoms with Gasteiger partial charge in [0.1, 0.15) is 5.75 Å². The highest BCUT2D eigenvalue weighted by atomic mass is 16.5. The van der Waals surface area contributed by atoms with Crippen LogP contribution in [0.3, 0.4) is 0 Å². The molecule has 1 amide bonds. The Labute approximate surface area is 176 Å². The Morgan fingerprint density at radius 2 is 2.17 bits per heavy atom. The standard InChI is InChI=1S/C23H26N4O3/c1-17-6-2-3-9-20(17)29-16-18-7-5-13-27(15-18)22(28)11-10-21-25-23(26-30-21)19-8-4-12-24-14-19/h2-4,6,8-9,12,14,18H,5,7,10-11,13,15-16H2,1H3/t18-/m0/s1. The number of aryl methyl sites for hydroxylation is 2. The van der Waals surface area contributed by atoms with Crippen LogP contribution < -0.4 is 4.74 Å². The first kappa shape index (κ1) is 20.1. The predicted octanol–water partition coefficient (Wildman–Crippen LogP) is 3.69. The van der Waals surface area contributed by atoms with Gasteiger partial charge in [0.25, 0.3) is 0 Å². The molecule has 1 aliphatic heterocycles. The Morgan fingerprint density at radius 1 is 1.27 bits per heavy atom. The van der Waals surface area contributed by atoms with Crippen LogP contribution in [0.2, 0.25) is 0 Å². The van der Waals surface area contributed by atoms with Gasteiger partial charge in [-0.25, -0.2) is 0 Å². The van der Waals surface area contributed by atoms with Gasteiger partial charge in [-0.05, 0) is 43.5 Å². The minimum Gasteiger partial charge on any atom is -0.493 e. The third kappa shape index (κ3) is 5.03. The number of piperidine rings is 1. The fourth-order valence-corrected chi connectivity index (χ4v) is 3.69. The molecule has 1 fully saturated rings. The van der Waals surface area contributed by atoms with Crippen molar-refractivity contribution in [1.82, 2.24) is 20.0 Å². The van der Waals surface area contributed by atoms with Crippen LogP contribution in [-0.4, -0.2) is 45.6 Å². The van der Waals surface area contributed by atoms with E-state index in [1.54, 1.807) is 12.4 Å². The van der Waals surface area contributed by atoms with Crippen LogP contribution in [0.15, 0.2) is 53.3 Å². The van der Waals surface area contributed by atoms with Gasteiger partial charge in [0.2, 0.25) is 17.6 Å². The third-order valence-corrected chi connectivity index (χ3v) is 5.38. The Morgan fingerprint density at radius 3 is 3.00 bits per heavy atom. The molecule has 1 atom stereocenters. The summed E-state index contributed by atoms with van der Waals surface area (Å²) in [5.74, 6) is 2.36. The summed E-state index contributed by atoms with van der Waals surface area (Å²) in [7, 11) is 0. The van der Waals surface area contributed by atoms with Crippen LogP contribution in [0.1, 0.15) is 30.7 Å². The fraction of sp³-hybridized carbons (Fsp3) is 0.391. The molecule has 1 aromatic carbocycles. The van der Waals surface area contributed by atoms with Crippen molar-refractivity contribution in [1.29, 1.82) is 0 Å². The summed E-state index contributed by atoms with van der Waals surface area (Å²) in [5, 5.41) is 3.98. The van der Waals surface area contributed by atoms with Crippen molar-refractivity contribution in [2.45, 2.75) is 32.6 Å². The van der Waals surface area contributed by atoms with Gasteiger partial charge in [-0.1, -0.05) is 23.4 Å². The maximum absolute atomic E-state index is 12.7. The number of para-hydroxylation sites is 1. The highest BCUT2D eigenvalue weighted by Crippen LogP contribution is 2.22. The van der Waals surface area contributed by atoms with Crippen molar-refractivity contribution >= 4 is 5.91 Å². The van der Waals surface area contributed by atoms with Gasteiger partial charge >= 0.3 is 0 Å². The van der Waals surface area contributed by atoms with Gasteiger partial charge in [0.15, 0.2) is 0 Å². The van der Waals surface area contributed by atoms with Crippen LogP contribution in [-0.2, 0) is 11.2 Å². The van der Waals surface area contributed by atoms with Crippen molar-refractivity contribution in [2.24, 2.45) is 5.92 Å². The van der Waals surface area contributed by atoms with Crippen molar-refractivity contribution in [2.75, 3.05) is 19.7 Å². The Hall–Kier alpha value is -3.22. The van der Waals surface area contributed by atoms with Crippen molar-refractivity contribution in [3.63, 3.8) is 0 Å². The van der Waals surface area contributed by atoms with E-state index in [4.69, 9.17) is 9.26 Å². The summed E-state index contributed by atoms with van der Waals surface area (Å²) in [6, 6.07) is 11.7. The van der Waals surface area contributed by atoms with E-state index in [1.165, 1.54) is 0 Å². The lowest BCUT2D eigenvalue weighted by molar-refractivity contribution is -0.133. The molecule has 1 saturated heterocycles. The molecule has 156 valence electrons. The minimum absolute atomic E-state index is 0.122. The van der Waals surface area contributed by atoms with Gasteiger partial charge in [-0.15, -0.1) is 0 Å². The molecule has 0 unspecified atom stereocenters. The number of rotatable bonds is 7. The number of aromatic nitrogens is 3. The number of benzene rings is 1. The molecule has 0 N–H and O–H groups in total. The van der Waals surface area contributed by atoms with E-state index < -0.39 is 0 Å². The number of hydrogen-bond donors (Lipinski definition) is 0. The second kappa shape index (κ2) is 9.52. The molecule has 0 saturated carbocycles. The summed E-state index contributed by atoms with van der Waals surface area (Å²) < 4.78 is 11.3. The van der Waals surface area contributed by atoms with Crippen LogP contribution in [0.25, 0.3) is 11.4 Å². The topological polar surface area (TPSA) is 81.4 Å². The number of nitrogens with zero attached hydrogens (tertiary/aromatic N) is 4. The first-order valence-electron chi connectivity index (χ1n) is 10.4. The number of hydrogen-bond acceptors (Lipinski definition) is 6. The lowest BCUT2D eigenvalue weighted by atomic mass is 9.98. The van der Waals surface area contributed by atoms with E-state index in [9.17, 15) is 4.79 Å². The van der Waals surface area contributed by atoms with Crippen LogP contribution in [0, 0.1) is 12.8 Å². The molecule has 0 spiro atoms. The lowest BCUT2D eigenvalue weighted by Gasteiger charge is -2.32. The van der Waals surface area contributed by atoms with Crippen LogP contribution in [0.4, 0.5) is 0 Å². The molecule has 30 heavy (non-hydrogen) atoms. The highest BCUT2D eigenvalue weighted by Gasteiger charge is 2.24. The average Bonchev–Trinajstić information content (AvgIpc) is 3.27. The first-order chi connectivity index (χ1) is 14.7. The molecular weight excluding hydrogens is 380 g/mol. The van der Waals surface area contributed by atoms with E-state index in [2.05, 4.69) is 15.1 Å². The minimum atomic E-state index is 0.122. The molecule has 7 heteroatoms. The molecule has 0 radical (unpaired) electrons. The van der Waals surface area contributed by atoms with Crippen LogP contribution in [0.5, 0.6) is 5.75 Å². The van der Waals surface area contributed by atoms with E-state index in [0.717, 1.165) is 42.8 Å². The number of carbonyl (C=O) groups is 1. The summed E-state index contributed by atoms with van der Waals surface area (Å²) in [4.78, 5) is 23.1. The summed E-state index contributed by atoms with van der Waals surface area (Å²) >= 11 is 0. The van der Waals surface area contributed by atoms with E-state index in [0.29, 0.717) is 37.1 Å². The Balaban J connectivity index is 1.26. The van der Waals surface area contributed by atoms with Crippen molar-refractivity contribution < 1.29 is 14.1 Å². The highest BCUT2D eigenvalue weighted by molar-refractivity contribution is 5.76. The molecular formula is C23H26N4O3. The average molecular weight is 406 g/mol. The zero-order valence-electron chi connectivity index (χ0n) is 17.2. The predicted molar refractivity (Wildman–Crippen MR) is 112 cm³/mol. The van der Waals surface area contributed by atoms with Crippen molar-refractivity contribution in [3.05, 3.63) is 60.2 Å². The summed E-state index contributed by atoms with van der Waals surface area (Å²) in [5.41, 5.74) is 1.93. The van der Waals surface area contributed by atoms with E-state index in [-0.39, 0.29) is 5.91 Å². The number of amides is 1. The number of carbonyl (C=O) groups excluding carboxylic acids is 1. The smallest absolute Gasteiger partial charge is 0.227 e. The summed E-state index contributed by atoms with van der Waals surface area (Å²) in [6.07, 6.45) is 6.26. The quantitative estimate of drug-likeness (QED) is 0.595. The van der Waals surface area contributed by atoms with Gasteiger partial charge < -0.3 is 14.2 Å². The van der Waals surface area contributed by atoms with Gasteiger partial charge in [-0.3, -0.25) is 9.78 Å². The van der Waals surface area contributed by atoms with E-state index >= 15 is 0 Å². The molecule has 0 bridgehead atoms. The molecule has 0 aliphatic carbocycles. The zero-order valence-corrected chi connectivity index (χ0v) is 17.2. The van der Waals surface area contributed by atoms with Crippen LogP contribution >= 0.6 is 0 Å². The Bertz CT molecular complexity index is 973. The first-order valence-corrected chi connectivity index (χ1v) is 10.4. The molecule has 4 rings (SSSR count). The number of likely N-dealkylation sites (tertiary alicyclic amines) is 1. The normalized spacial score (nSPS) is 16.4. The molecule has 1 aliphatic rings. The van der Waals surface area contributed by atoms with E-state index in [1.807, 2.05) is 48.2 Å². The van der Waals surface area contributed by atoms with Crippen molar-refractivity contribution in [3.8, 4) is 17.1 Å². The number of ether oxygens (including phenoxy) is 1. The fourth-order valence-electron chi connectivity index (χ4n) is 3.69. The van der Waals surface area contributed by atoms with Gasteiger partial charge in [-0.2, -0.15) is 4.98 Å².